The molecule has 2 aromatic rings. The van der Waals surface area contributed by atoms with E-state index in [2.05, 4.69) is 57.2 Å². The Labute approximate surface area is 129 Å². The lowest BCUT2D eigenvalue weighted by molar-refractivity contribution is 0.548. The van der Waals surface area contributed by atoms with Crippen molar-refractivity contribution in [2.45, 2.75) is 52.4 Å². The summed E-state index contributed by atoms with van der Waals surface area (Å²) < 4.78 is 0. The normalized spacial score (nSPS) is 12.8. The lowest BCUT2D eigenvalue weighted by Gasteiger charge is -2.18. The molecule has 0 fully saturated rings. The second kappa shape index (κ2) is 5.11. The first-order valence-corrected chi connectivity index (χ1v) is 8.48. The van der Waals surface area contributed by atoms with Crippen LogP contribution in [0.25, 0.3) is 10.6 Å². The van der Waals surface area contributed by atoms with Gasteiger partial charge >= 0.3 is 0 Å². The Balaban J connectivity index is 2.58. The van der Waals surface area contributed by atoms with Gasteiger partial charge < -0.3 is 5.32 Å². The molecule has 0 spiro atoms. The van der Waals surface area contributed by atoms with Gasteiger partial charge in [-0.25, -0.2) is 9.97 Å². The summed E-state index contributed by atoms with van der Waals surface area (Å²) in [4.78, 5) is 10.8. The van der Waals surface area contributed by atoms with Gasteiger partial charge in [0.15, 0.2) is 5.13 Å². The van der Waals surface area contributed by atoms with E-state index in [1.54, 1.807) is 22.7 Å². The average Bonchev–Trinajstić information content (AvgIpc) is 2.93. The van der Waals surface area contributed by atoms with E-state index < -0.39 is 0 Å². The second-order valence-corrected chi connectivity index (χ2v) is 8.84. The highest BCUT2D eigenvalue weighted by atomic mass is 32.1. The van der Waals surface area contributed by atoms with E-state index in [0.29, 0.717) is 0 Å². The number of thiazole rings is 2. The van der Waals surface area contributed by atoms with Gasteiger partial charge in [0.25, 0.3) is 0 Å². The predicted molar refractivity (Wildman–Crippen MR) is 90.2 cm³/mol. The molecule has 0 atom stereocenters. The van der Waals surface area contributed by atoms with E-state index in [4.69, 9.17) is 4.98 Å². The fourth-order valence-corrected chi connectivity index (χ4v) is 3.85. The molecular formula is C15H23N3S2. The van der Waals surface area contributed by atoms with Crippen LogP contribution < -0.4 is 5.32 Å². The lowest BCUT2D eigenvalue weighted by Crippen LogP contribution is -2.15. The molecule has 0 unspecified atom stereocenters. The molecule has 0 bridgehead atoms. The minimum absolute atomic E-state index is 0.0265. The van der Waals surface area contributed by atoms with Gasteiger partial charge in [0.05, 0.1) is 21.3 Å². The van der Waals surface area contributed by atoms with Crippen LogP contribution in [0.1, 0.15) is 52.2 Å². The Morgan fingerprint density at radius 1 is 1.00 bits per heavy atom. The standard InChI is InChI=1S/C15H23N3S2/c1-14(2,3)11-10(9-8-19-13(16-7)17-9)20-12(18-11)15(4,5)6/h8H,1-7H3,(H,16,17). The number of hydrogen-bond donors (Lipinski definition) is 1. The molecule has 0 saturated carbocycles. The SMILES string of the molecule is CNc1nc(-c2sc(C(C)(C)C)nc2C(C)(C)C)cs1. The van der Waals surface area contributed by atoms with Crippen LogP contribution in [0, 0.1) is 0 Å². The molecule has 110 valence electrons. The molecule has 5 heteroatoms. The zero-order valence-corrected chi connectivity index (χ0v) is 14.9. The predicted octanol–water partition coefficient (Wildman–Crippen LogP) is 4.90. The van der Waals surface area contributed by atoms with E-state index in [1.807, 2.05) is 7.05 Å². The molecule has 2 rings (SSSR count). The zero-order chi connectivity index (χ0) is 15.1. The highest BCUT2D eigenvalue weighted by molar-refractivity contribution is 7.17. The number of rotatable bonds is 2. The summed E-state index contributed by atoms with van der Waals surface area (Å²) in [5.41, 5.74) is 2.29. The van der Waals surface area contributed by atoms with Gasteiger partial charge in [0.1, 0.15) is 0 Å². The van der Waals surface area contributed by atoms with Crippen molar-refractivity contribution in [1.29, 1.82) is 0 Å². The Hall–Kier alpha value is -0.940. The van der Waals surface area contributed by atoms with E-state index in [-0.39, 0.29) is 10.8 Å². The minimum atomic E-state index is 0.0265. The highest BCUT2D eigenvalue weighted by Gasteiger charge is 2.29. The third-order valence-electron chi connectivity index (χ3n) is 2.93. The Morgan fingerprint density at radius 2 is 1.65 bits per heavy atom. The van der Waals surface area contributed by atoms with Crippen LogP contribution in [0.5, 0.6) is 0 Å². The van der Waals surface area contributed by atoms with Crippen molar-refractivity contribution >= 4 is 27.8 Å². The van der Waals surface area contributed by atoms with Crippen molar-refractivity contribution in [3.8, 4) is 10.6 Å². The molecule has 3 nitrogen and oxygen atoms in total. The smallest absolute Gasteiger partial charge is 0.182 e. The van der Waals surface area contributed by atoms with E-state index >= 15 is 0 Å². The van der Waals surface area contributed by atoms with Gasteiger partial charge in [-0.05, 0) is 0 Å². The van der Waals surface area contributed by atoms with Crippen molar-refractivity contribution in [2.75, 3.05) is 12.4 Å². The van der Waals surface area contributed by atoms with Crippen LogP contribution in [0.3, 0.4) is 0 Å². The van der Waals surface area contributed by atoms with Gasteiger partial charge in [-0.15, -0.1) is 22.7 Å². The van der Waals surface area contributed by atoms with Crippen LogP contribution in [0.4, 0.5) is 5.13 Å². The molecule has 0 aliphatic rings. The molecular weight excluding hydrogens is 286 g/mol. The molecule has 0 aliphatic heterocycles. The van der Waals surface area contributed by atoms with Crippen molar-refractivity contribution in [1.82, 2.24) is 9.97 Å². The van der Waals surface area contributed by atoms with Gasteiger partial charge in [-0.1, -0.05) is 41.5 Å². The summed E-state index contributed by atoms with van der Waals surface area (Å²) in [5, 5.41) is 7.34. The first kappa shape index (κ1) is 15.4. The summed E-state index contributed by atoms with van der Waals surface area (Å²) in [6.07, 6.45) is 0. The van der Waals surface area contributed by atoms with Crippen LogP contribution in [-0.2, 0) is 10.8 Å². The topological polar surface area (TPSA) is 37.8 Å². The summed E-state index contributed by atoms with van der Waals surface area (Å²) in [7, 11) is 1.90. The number of nitrogens with zero attached hydrogens (tertiary/aromatic N) is 2. The van der Waals surface area contributed by atoms with Crippen LogP contribution in [0.2, 0.25) is 0 Å². The molecule has 0 aliphatic carbocycles. The van der Waals surface area contributed by atoms with Crippen molar-refractivity contribution < 1.29 is 0 Å². The summed E-state index contributed by atoms with van der Waals surface area (Å²) in [6.45, 7) is 13.3. The molecule has 2 aromatic heterocycles. The molecule has 20 heavy (non-hydrogen) atoms. The molecule has 0 amide bonds. The Bertz CT molecular complexity index is 597. The maximum absolute atomic E-state index is 4.93. The highest BCUT2D eigenvalue weighted by Crippen LogP contribution is 2.41. The maximum Gasteiger partial charge on any atom is 0.182 e. The van der Waals surface area contributed by atoms with E-state index in [9.17, 15) is 0 Å². The quantitative estimate of drug-likeness (QED) is 0.857. The largest absolute Gasteiger partial charge is 0.365 e. The van der Waals surface area contributed by atoms with Gasteiger partial charge in [-0.2, -0.15) is 0 Å². The lowest BCUT2D eigenvalue weighted by atomic mass is 9.90. The summed E-state index contributed by atoms with van der Waals surface area (Å²) in [6, 6.07) is 0. The fourth-order valence-electron chi connectivity index (χ4n) is 1.82. The monoisotopic (exact) mass is 309 g/mol. The Morgan fingerprint density at radius 3 is 2.10 bits per heavy atom. The third-order valence-corrected chi connectivity index (χ3v) is 5.29. The molecule has 0 saturated heterocycles. The summed E-state index contributed by atoms with van der Waals surface area (Å²) in [5.74, 6) is 0. The van der Waals surface area contributed by atoms with Crippen molar-refractivity contribution in [3.05, 3.63) is 16.1 Å². The van der Waals surface area contributed by atoms with Gasteiger partial charge in [0.2, 0.25) is 0 Å². The maximum atomic E-state index is 4.93. The number of aromatic nitrogens is 2. The van der Waals surface area contributed by atoms with Crippen LogP contribution >= 0.6 is 22.7 Å². The average molecular weight is 310 g/mol. The van der Waals surface area contributed by atoms with Crippen molar-refractivity contribution in [3.63, 3.8) is 0 Å². The first-order chi connectivity index (χ1) is 9.13. The summed E-state index contributed by atoms with van der Waals surface area (Å²) >= 11 is 3.41. The zero-order valence-electron chi connectivity index (χ0n) is 13.3. The molecule has 2 heterocycles. The van der Waals surface area contributed by atoms with Crippen LogP contribution in [-0.4, -0.2) is 17.0 Å². The van der Waals surface area contributed by atoms with E-state index in [0.717, 1.165) is 16.5 Å². The van der Waals surface area contributed by atoms with Crippen molar-refractivity contribution in [2.24, 2.45) is 0 Å². The molecule has 1 N–H and O–H groups in total. The first-order valence-electron chi connectivity index (χ1n) is 6.78. The van der Waals surface area contributed by atoms with Gasteiger partial charge in [0, 0.05) is 23.3 Å². The Kier molecular flexibility index (Phi) is 3.95. The van der Waals surface area contributed by atoms with E-state index in [1.165, 1.54) is 9.88 Å². The van der Waals surface area contributed by atoms with Crippen LogP contribution in [0.15, 0.2) is 5.38 Å². The number of anilines is 1. The number of hydrogen-bond acceptors (Lipinski definition) is 5. The molecule has 0 aromatic carbocycles. The van der Waals surface area contributed by atoms with Gasteiger partial charge in [-0.3, -0.25) is 0 Å². The minimum Gasteiger partial charge on any atom is -0.365 e. The fraction of sp³-hybridized carbons (Fsp3) is 0.600. The number of nitrogens with one attached hydrogen (secondary N) is 1. The second-order valence-electron chi connectivity index (χ2n) is 6.98. The molecule has 0 radical (unpaired) electrons. The third kappa shape index (κ3) is 3.04.